The molecule has 10 heteroatoms. The van der Waals surface area contributed by atoms with Crippen LogP contribution in [-0.4, -0.2) is 60.1 Å². The van der Waals surface area contributed by atoms with Crippen molar-refractivity contribution < 1.29 is 19.1 Å². The van der Waals surface area contributed by atoms with Crippen LogP contribution in [0, 0.1) is 12.7 Å². The third-order valence-electron chi connectivity index (χ3n) is 6.52. The maximum absolute atomic E-state index is 13.4. The van der Waals surface area contributed by atoms with Gasteiger partial charge < -0.3 is 15.3 Å². The Hall–Kier alpha value is -4.18. The van der Waals surface area contributed by atoms with Crippen molar-refractivity contribution in [2.45, 2.75) is 38.7 Å². The first kappa shape index (κ1) is 24.5. The Morgan fingerprint density at radius 2 is 1.97 bits per heavy atom. The summed E-state index contributed by atoms with van der Waals surface area (Å²) in [5, 5.41) is 18.5. The van der Waals surface area contributed by atoms with E-state index in [1.165, 1.54) is 19.1 Å². The molecule has 4 heterocycles. The number of hydrogen-bond acceptors (Lipinski definition) is 6. The standard InChI is InChI=1S/C27H27FN6O3/c1-17-22(23-8-9-25-31-24(30-18(2)35)15-34(25)32-23)12-20(14-29-17)26(36)33-11-3-10-27(37,16-33)13-19-4-6-21(28)7-5-19/h4-9,12,14-15,37H,3,10-11,13,16H2,1-2H3,(H,30,35). The number of amides is 2. The number of halogens is 1. The number of rotatable bonds is 5. The summed E-state index contributed by atoms with van der Waals surface area (Å²) in [6.45, 7) is 3.96. The van der Waals surface area contributed by atoms with Gasteiger partial charge in [-0.1, -0.05) is 12.1 Å². The van der Waals surface area contributed by atoms with E-state index in [0.29, 0.717) is 59.8 Å². The molecule has 0 saturated carbocycles. The number of imidazole rings is 1. The number of hydrogen-bond donors (Lipinski definition) is 2. The highest BCUT2D eigenvalue weighted by Crippen LogP contribution is 2.28. The Kier molecular flexibility index (Phi) is 6.43. The van der Waals surface area contributed by atoms with Crippen LogP contribution in [0.15, 0.2) is 54.9 Å². The van der Waals surface area contributed by atoms with Crippen LogP contribution in [0.4, 0.5) is 10.2 Å². The fourth-order valence-corrected chi connectivity index (χ4v) is 4.77. The maximum atomic E-state index is 13.4. The van der Waals surface area contributed by atoms with E-state index in [2.05, 4.69) is 20.4 Å². The Labute approximate surface area is 213 Å². The van der Waals surface area contributed by atoms with Crippen LogP contribution >= 0.6 is 0 Å². The summed E-state index contributed by atoms with van der Waals surface area (Å²) >= 11 is 0. The number of nitrogens with one attached hydrogen (secondary N) is 1. The minimum absolute atomic E-state index is 0.178. The Morgan fingerprint density at radius 3 is 2.73 bits per heavy atom. The van der Waals surface area contributed by atoms with Gasteiger partial charge in [-0.25, -0.2) is 13.9 Å². The summed E-state index contributed by atoms with van der Waals surface area (Å²) in [7, 11) is 0. The van der Waals surface area contributed by atoms with Gasteiger partial charge in [-0.05, 0) is 55.7 Å². The van der Waals surface area contributed by atoms with Crippen molar-refractivity contribution >= 4 is 23.3 Å². The molecule has 3 aromatic heterocycles. The van der Waals surface area contributed by atoms with E-state index in [4.69, 9.17) is 0 Å². The number of carbonyl (C=O) groups excluding carboxylic acids is 2. The topological polar surface area (TPSA) is 113 Å². The lowest BCUT2D eigenvalue weighted by Crippen LogP contribution is -2.51. The van der Waals surface area contributed by atoms with Gasteiger partial charge >= 0.3 is 0 Å². The van der Waals surface area contributed by atoms with E-state index in [1.54, 1.807) is 52.1 Å². The summed E-state index contributed by atoms with van der Waals surface area (Å²) in [6.07, 6.45) is 4.71. The molecule has 5 rings (SSSR count). The van der Waals surface area contributed by atoms with Gasteiger partial charge in [-0.2, -0.15) is 5.10 Å². The van der Waals surface area contributed by atoms with E-state index in [-0.39, 0.29) is 24.2 Å². The van der Waals surface area contributed by atoms with Crippen molar-refractivity contribution in [1.29, 1.82) is 0 Å². The molecule has 1 saturated heterocycles. The molecule has 1 aromatic carbocycles. The predicted octanol–water partition coefficient (Wildman–Crippen LogP) is 3.41. The number of β-amino-alcohol motifs (C(OH)–C–C–N with tert-alkyl or cyclic N) is 1. The van der Waals surface area contributed by atoms with Crippen LogP contribution in [0.25, 0.3) is 16.9 Å². The van der Waals surface area contributed by atoms with Crippen LogP contribution < -0.4 is 5.32 Å². The highest BCUT2D eigenvalue weighted by molar-refractivity contribution is 5.95. The molecule has 0 aliphatic carbocycles. The van der Waals surface area contributed by atoms with Gasteiger partial charge in [-0.15, -0.1) is 0 Å². The first-order valence-electron chi connectivity index (χ1n) is 12.1. The zero-order valence-electron chi connectivity index (χ0n) is 20.6. The first-order valence-corrected chi connectivity index (χ1v) is 12.1. The second kappa shape index (κ2) is 9.70. The number of benzene rings is 1. The van der Waals surface area contributed by atoms with Crippen LogP contribution in [0.2, 0.25) is 0 Å². The smallest absolute Gasteiger partial charge is 0.255 e. The summed E-state index contributed by atoms with van der Waals surface area (Å²) < 4.78 is 14.8. The number of aliphatic hydroxyl groups is 1. The Bertz CT molecular complexity index is 1490. The third-order valence-corrected chi connectivity index (χ3v) is 6.52. The molecule has 1 aliphatic heterocycles. The quantitative estimate of drug-likeness (QED) is 0.433. The summed E-state index contributed by atoms with van der Waals surface area (Å²) in [5.41, 5.74) is 2.70. The average molecular weight is 503 g/mol. The zero-order chi connectivity index (χ0) is 26.2. The number of aromatic nitrogens is 4. The second-order valence-corrected chi connectivity index (χ2v) is 9.54. The lowest BCUT2D eigenvalue weighted by atomic mass is 9.86. The molecule has 190 valence electrons. The predicted molar refractivity (Wildman–Crippen MR) is 135 cm³/mol. The molecule has 2 amide bonds. The number of likely N-dealkylation sites (tertiary alicyclic amines) is 1. The van der Waals surface area contributed by atoms with Gasteiger partial charge in [0.15, 0.2) is 11.5 Å². The molecular weight excluding hydrogens is 475 g/mol. The molecule has 1 aliphatic rings. The third kappa shape index (κ3) is 5.34. The van der Waals surface area contributed by atoms with Gasteiger partial charge in [0.05, 0.1) is 29.6 Å². The largest absolute Gasteiger partial charge is 0.388 e. The number of piperidine rings is 1. The van der Waals surface area contributed by atoms with Crippen molar-refractivity contribution in [3.63, 3.8) is 0 Å². The monoisotopic (exact) mass is 502 g/mol. The van der Waals surface area contributed by atoms with Crippen LogP contribution in [0.5, 0.6) is 0 Å². The Balaban J connectivity index is 1.38. The van der Waals surface area contributed by atoms with Crippen molar-refractivity contribution in [2.24, 2.45) is 0 Å². The van der Waals surface area contributed by atoms with Crippen LogP contribution in [0.1, 0.15) is 41.4 Å². The number of aryl methyl sites for hydroxylation is 1. The molecule has 0 radical (unpaired) electrons. The summed E-state index contributed by atoms with van der Waals surface area (Å²) in [4.78, 5) is 35.2. The average Bonchev–Trinajstić information content (AvgIpc) is 3.26. The lowest BCUT2D eigenvalue weighted by molar-refractivity contribution is -0.114. The number of pyridine rings is 1. The molecule has 4 aromatic rings. The summed E-state index contributed by atoms with van der Waals surface area (Å²) in [5.74, 6) is -0.373. The molecule has 2 N–H and O–H groups in total. The number of anilines is 1. The Morgan fingerprint density at radius 1 is 1.19 bits per heavy atom. The molecule has 0 spiro atoms. The van der Waals surface area contributed by atoms with Gasteiger partial charge in [-0.3, -0.25) is 14.6 Å². The normalized spacial score (nSPS) is 17.7. The highest BCUT2D eigenvalue weighted by Gasteiger charge is 2.36. The van der Waals surface area contributed by atoms with Crippen LogP contribution in [0.3, 0.4) is 0 Å². The van der Waals surface area contributed by atoms with Crippen molar-refractivity contribution in [3.8, 4) is 11.3 Å². The van der Waals surface area contributed by atoms with Gasteiger partial charge in [0.1, 0.15) is 5.82 Å². The van der Waals surface area contributed by atoms with Crippen molar-refractivity contribution in [3.05, 3.63) is 77.5 Å². The molecule has 1 unspecified atom stereocenters. The number of nitrogens with zero attached hydrogens (tertiary/aromatic N) is 5. The van der Waals surface area contributed by atoms with Gasteiger partial charge in [0.25, 0.3) is 5.91 Å². The lowest BCUT2D eigenvalue weighted by Gasteiger charge is -2.39. The molecule has 1 atom stereocenters. The van der Waals surface area contributed by atoms with E-state index < -0.39 is 5.60 Å². The summed E-state index contributed by atoms with van der Waals surface area (Å²) in [6, 6.07) is 11.4. The van der Waals surface area contributed by atoms with Crippen molar-refractivity contribution in [2.75, 3.05) is 18.4 Å². The minimum atomic E-state index is -1.09. The van der Waals surface area contributed by atoms with Gasteiger partial charge in [0.2, 0.25) is 5.91 Å². The molecular formula is C27H27FN6O3. The number of fused-ring (bicyclic) bond motifs is 1. The second-order valence-electron chi connectivity index (χ2n) is 9.54. The fourth-order valence-electron chi connectivity index (χ4n) is 4.77. The van der Waals surface area contributed by atoms with E-state index in [1.807, 2.05) is 6.92 Å². The molecule has 37 heavy (non-hydrogen) atoms. The van der Waals surface area contributed by atoms with Crippen molar-refractivity contribution in [1.82, 2.24) is 24.5 Å². The van der Waals surface area contributed by atoms with Crippen LogP contribution in [-0.2, 0) is 11.2 Å². The zero-order valence-corrected chi connectivity index (χ0v) is 20.6. The van der Waals surface area contributed by atoms with Gasteiger partial charge in [0, 0.05) is 37.3 Å². The number of carbonyl (C=O) groups is 2. The van der Waals surface area contributed by atoms with E-state index >= 15 is 0 Å². The highest BCUT2D eigenvalue weighted by atomic mass is 19.1. The minimum Gasteiger partial charge on any atom is -0.388 e. The SMILES string of the molecule is CC(=O)Nc1cn2nc(-c3cc(C(=O)N4CCCC(O)(Cc5ccc(F)cc5)C4)cnc3C)ccc2n1. The maximum Gasteiger partial charge on any atom is 0.255 e. The molecule has 1 fully saturated rings. The fraction of sp³-hybridized carbons (Fsp3) is 0.296. The molecule has 0 bridgehead atoms. The van der Waals surface area contributed by atoms with E-state index in [9.17, 15) is 19.1 Å². The molecule has 9 nitrogen and oxygen atoms in total. The first-order chi connectivity index (χ1) is 17.7. The van der Waals surface area contributed by atoms with E-state index in [0.717, 1.165) is 5.56 Å².